The minimum atomic E-state index is -4.26. The number of alkyl halides is 3. The smallest absolute Gasteiger partial charge is 0.317 e. The number of halogens is 3. The third-order valence-electron chi connectivity index (χ3n) is 3.20. The van der Waals surface area contributed by atoms with Gasteiger partial charge in [0.05, 0.1) is 0 Å². The van der Waals surface area contributed by atoms with Crippen molar-refractivity contribution in [2.45, 2.75) is 31.1 Å². The number of rotatable bonds is 3. The van der Waals surface area contributed by atoms with Gasteiger partial charge in [0.15, 0.2) is 0 Å². The first-order valence-corrected chi connectivity index (χ1v) is 6.16. The molecular formula is C13H17F3N2. The van der Waals surface area contributed by atoms with E-state index < -0.39 is 12.2 Å². The van der Waals surface area contributed by atoms with Crippen molar-refractivity contribution in [2.75, 3.05) is 13.1 Å². The minimum absolute atomic E-state index is 0.0712. The monoisotopic (exact) mass is 258 g/mol. The van der Waals surface area contributed by atoms with Gasteiger partial charge >= 0.3 is 6.18 Å². The summed E-state index contributed by atoms with van der Waals surface area (Å²) >= 11 is 0. The Morgan fingerprint density at radius 2 is 1.72 bits per heavy atom. The fourth-order valence-electron chi connectivity index (χ4n) is 2.25. The maximum atomic E-state index is 13.1. The zero-order chi connectivity index (χ0) is 13.0. The second-order valence-electron chi connectivity index (χ2n) is 4.58. The summed E-state index contributed by atoms with van der Waals surface area (Å²) in [6, 6.07) is 6.40. The lowest BCUT2D eigenvalue weighted by Crippen LogP contribution is -2.45. The molecule has 0 saturated carbocycles. The van der Waals surface area contributed by atoms with Gasteiger partial charge in [-0.2, -0.15) is 13.2 Å². The van der Waals surface area contributed by atoms with Crippen molar-refractivity contribution in [3.63, 3.8) is 0 Å². The molecule has 1 aromatic carbocycles. The summed E-state index contributed by atoms with van der Waals surface area (Å²) < 4.78 is 39.2. The molecule has 1 aromatic rings. The quantitative estimate of drug-likeness (QED) is 0.871. The molecule has 0 spiro atoms. The molecule has 1 aliphatic heterocycles. The van der Waals surface area contributed by atoms with Crippen molar-refractivity contribution >= 4 is 0 Å². The van der Waals surface area contributed by atoms with Gasteiger partial charge in [-0.1, -0.05) is 30.3 Å². The SMILES string of the molecule is FC(F)(F)C(NC1CCNCC1)c1ccccc1. The highest BCUT2D eigenvalue weighted by Crippen LogP contribution is 2.33. The van der Waals surface area contributed by atoms with Crippen molar-refractivity contribution < 1.29 is 13.2 Å². The number of piperidine rings is 1. The molecule has 100 valence electrons. The Labute approximate surface area is 105 Å². The molecule has 2 rings (SSSR count). The van der Waals surface area contributed by atoms with Crippen molar-refractivity contribution in [1.82, 2.24) is 10.6 Å². The van der Waals surface area contributed by atoms with Gasteiger partial charge < -0.3 is 5.32 Å². The fraction of sp³-hybridized carbons (Fsp3) is 0.538. The highest BCUT2D eigenvalue weighted by molar-refractivity contribution is 5.20. The average molecular weight is 258 g/mol. The number of hydrogen-bond donors (Lipinski definition) is 2. The lowest BCUT2D eigenvalue weighted by molar-refractivity contribution is -0.160. The van der Waals surface area contributed by atoms with E-state index in [1.807, 2.05) is 0 Å². The van der Waals surface area contributed by atoms with Gasteiger partial charge in [0.1, 0.15) is 6.04 Å². The summed E-state index contributed by atoms with van der Waals surface area (Å²) in [6.07, 6.45) is -2.79. The fourth-order valence-corrected chi connectivity index (χ4v) is 2.25. The third-order valence-corrected chi connectivity index (χ3v) is 3.20. The molecule has 0 aliphatic carbocycles. The van der Waals surface area contributed by atoms with E-state index in [1.54, 1.807) is 18.2 Å². The standard InChI is InChI=1S/C13H17F3N2/c14-13(15,16)12(10-4-2-1-3-5-10)18-11-6-8-17-9-7-11/h1-5,11-12,17-18H,6-9H2. The van der Waals surface area contributed by atoms with Crippen molar-refractivity contribution in [2.24, 2.45) is 0 Å². The molecule has 2 nitrogen and oxygen atoms in total. The summed E-state index contributed by atoms with van der Waals surface area (Å²) in [4.78, 5) is 0. The van der Waals surface area contributed by atoms with E-state index in [4.69, 9.17) is 0 Å². The van der Waals surface area contributed by atoms with Crippen molar-refractivity contribution in [3.8, 4) is 0 Å². The molecule has 1 unspecified atom stereocenters. The van der Waals surface area contributed by atoms with Crippen LogP contribution in [0.5, 0.6) is 0 Å². The Bertz CT molecular complexity index is 358. The summed E-state index contributed by atoms with van der Waals surface area (Å²) in [7, 11) is 0. The van der Waals surface area contributed by atoms with E-state index in [-0.39, 0.29) is 11.6 Å². The molecule has 1 aliphatic rings. The molecule has 0 amide bonds. The summed E-state index contributed by atoms with van der Waals surface area (Å²) in [5.41, 5.74) is 0.281. The van der Waals surface area contributed by atoms with Crippen LogP contribution in [-0.2, 0) is 0 Å². The van der Waals surface area contributed by atoms with E-state index >= 15 is 0 Å². The second-order valence-corrected chi connectivity index (χ2v) is 4.58. The third kappa shape index (κ3) is 3.46. The molecular weight excluding hydrogens is 241 g/mol. The molecule has 0 aromatic heterocycles. The van der Waals surface area contributed by atoms with E-state index in [0.29, 0.717) is 0 Å². The maximum absolute atomic E-state index is 13.1. The van der Waals surface area contributed by atoms with Crippen LogP contribution < -0.4 is 10.6 Å². The van der Waals surface area contributed by atoms with Gasteiger partial charge in [-0.25, -0.2) is 0 Å². The van der Waals surface area contributed by atoms with Crippen LogP contribution in [0, 0.1) is 0 Å². The molecule has 18 heavy (non-hydrogen) atoms. The lowest BCUT2D eigenvalue weighted by Gasteiger charge is -2.30. The molecule has 0 bridgehead atoms. The predicted molar refractivity (Wildman–Crippen MR) is 64.3 cm³/mol. The van der Waals surface area contributed by atoms with Crippen molar-refractivity contribution in [3.05, 3.63) is 35.9 Å². The van der Waals surface area contributed by atoms with Crippen LogP contribution in [0.1, 0.15) is 24.4 Å². The molecule has 1 heterocycles. The van der Waals surface area contributed by atoms with Crippen LogP contribution in [0.15, 0.2) is 30.3 Å². The summed E-state index contributed by atoms with van der Waals surface area (Å²) in [5.74, 6) is 0. The number of hydrogen-bond acceptors (Lipinski definition) is 2. The van der Waals surface area contributed by atoms with E-state index in [2.05, 4.69) is 10.6 Å². The largest absolute Gasteiger partial charge is 0.407 e. The second kappa shape index (κ2) is 5.71. The van der Waals surface area contributed by atoms with Crippen molar-refractivity contribution in [1.29, 1.82) is 0 Å². The van der Waals surface area contributed by atoms with Gasteiger partial charge in [-0.05, 0) is 31.5 Å². The van der Waals surface area contributed by atoms with Crippen LogP contribution in [0.4, 0.5) is 13.2 Å². The van der Waals surface area contributed by atoms with E-state index in [0.717, 1.165) is 25.9 Å². The Morgan fingerprint density at radius 3 is 2.28 bits per heavy atom. The number of benzene rings is 1. The maximum Gasteiger partial charge on any atom is 0.407 e. The molecule has 5 heteroatoms. The van der Waals surface area contributed by atoms with Gasteiger partial charge in [0, 0.05) is 6.04 Å². The van der Waals surface area contributed by atoms with Gasteiger partial charge in [-0.3, -0.25) is 5.32 Å². The van der Waals surface area contributed by atoms with Crippen LogP contribution in [0.3, 0.4) is 0 Å². The highest BCUT2D eigenvalue weighted by Gasteiger charge is 2.41. The highest BCUT2D eigenvalue weighted by atomic mass is 19.4. The normalized spacial score (nSPS) is 19.7. The Kier molecular flexibility index (Phi) is 4.24. The lowest BCUT2D eigenvalue weighted by atomic mass is 10.0. The average Bonchev–Trinajstić information content (AvgIpc) is 2.37. The van der Waals surface area contributed by atoms with Crippen LogP contribution in [-0.4, -0.2) is 25.3 Å². The van der Waals surface area contributed by atoms with E-state index in [1.165, 1.54) is 12.1 Å². The Balaban J connectivity index is 2.11. The molecule has 0 radical (unpaired) electrons. The molecule has 1 fully saturated rings. The Hall–Kier alpha value is -1.07. The van der Waals surface area contributed by atoms with Gasteiger partial charge in [-0.15, -0.1) is 0 Å². The Morgan fingerprint density at radius 1 is 1.11 bits per heavy atom. The molecule has 1 atom stereocenters. The first-order valence-electron chi connectivity index (χ1n) is 6.16. The zero-order valence-corrected chi connectivity index (χ0v) is 10.0. The summed E-state index contributed by atoms with van der Waals surface area (Å²) in [5, 5.41) is 5.89. The van der Waals surface area contributed by atoms with Crippen LogP contribution in [0.2, 0.25) is 0 Å². The molecule has 2 N–H and O–H groups in total. The summed E-state index contributed by atoms with van der Waals surface area (Å²) in [6.45, 7) is 1.55. The van der Waals surface area contributed by atoms with Crippen LogP contribution in [0.25, 0.3) is 0 Å². The van der Waals surface area contributed by atoms with Gasteiger partial charge in [0.25, 0.3) is 0 Å². The van der Waals surface area contributed by atoms with E-state index in [9.17, 15) is 13.2 Å². The topological polar surface area (TPSA) is 24.1 Å². The first-order chi connectivity index (χ1) is 8.57. The molecule has 1 saturated heterocycles. The number of nitrogens with one attached hydrogen (secondary N) is 2. The van der Waals surface area contributed by atoms with Gasteiger partial charge in [0.2, 0.25) is 0 Å². The first kappa shape index (κ1) is 13.4. The minimum Gasteiger partial charge on any atom is -0.317 e. The predicted octanol–water partition coefficient (Wildman–Crippen LogP) is 2.63. The van der Waals surface area contributed by atoms with Crippen LogP contribution >= 0.6 is 0 Å². The zero-order valence-electron chi connectivity index (χ0n) is 10.0.